The maximum atomic E-state index is 12.7. The van der Waals surface area contributed by atoms with E-state index < -0.39 is 10.1 Å². The van der Waals surface area contributed by atoms with Crippen molar-refractivity contribution in [2.45, 2.75) is 18.2 Å². The first-order chi connectivity index (χ1) is 13.0. The molecule has 0 saturated carbocycles. The Labute approximate surface area is 167 Å². The number of aryl methyl sites for hydroxylation is 1. The summed E-state index contributed by atoms with van der Waals surface area (Å²) in [7, 11) is -3.85. The van der Waals surface area contributed by atoms with Crippen LogP contribution in [-0.4, -0.2) is 23.4 Å². The third-order valence-electron chi connectivity index (χ3n) is 3.81. The quantitative estimate of drug-likeness (QED) is 0.317. The molecule has 0 amide bonds. The van der Waals surface area contributed by atoms with Gasteiger partial charge in [-0.1, -0.05) is 0 Å². The second-order valence-electron chi connectivity index (χ2n) is 5.98. The van der Waals surface area contributed by atoms with Crippen LogP contribution in [-0.2, 0) is 20.7 Å². The first kappa shape index (κ1) is 19.4. The second-order valence-corrected chi connectivity index (χ2v) is 9.79. The Kier molecular flexibility index (Phi) is 6.51. The van der Waals surface area contributed by atoms with E-state index in [9.17, 15) is 8.42 Å². The van der Waals surface area contributed by atoms with Crippen molar-refractivity contribution in [1.29, 1.82) is 0 Å². The van der Waals surface area contributed by atoms with Crippen molar-refractivity contribution in [3.8, 4) is 0 Å². The third-order valence-corrected chi connectivity index (χ3v) is 7.31. The minimum absolute atomic E-state index is 0.169. The Morgan fingerprint density at radius 3 is 2.11 bits per heavy atom. The molecular weight excluding hydrogens is 423 g/mol. The predicted molar refractivity (Wildman–Crippen MR) is 110 cm³/mol. The summed E-state index contributed by atoms with van der Waals surface area (Å²) in [6.07, 6.45) is 2.49. The van der Waals surface area contributed by atoms with E-state index in [1.54, 1.807) is 24.3 Å². The molecule has 3 rings (SSSR count). The number of hydrogen-bond acceptors (Lipinski definition) is 3. The van der Waals surface area contributed by atoms with Crippen molar-refractivity contribution in [2.24, 2.45) is 0 Å². The number of allylic oxidation sites excluding steroid dienone is 1. The van der Waals surface area contributed by atoms with Gasteiger partial charge in [-0.15, -0.1) is 0 Å². The molecule has 138 valence electrons. The fourth-order valence-electron chi connectivity index (χ4n) is 2.37. The fraction of sp³-hybridized carbons (Fsp3) is 0.0909. The molecule has 0 spiro atoms. The Morgan fingerprint density at radius 2 is 1.48 bits per heavy atom. The molecule has 3 aromatic rings. The van der Waals surface area contributed by atoms with E-state index in [1.807, 2.05) is 73.7 Å². The van der Waals surface area contributed by atoms with Crippen LogP contribution in [0.25, 0.3) is 0 Å². The van der Waals surface area contributed by atoms with Crippen molar-refractivity contribution in [3.05, 3.63) is 107 Å². The molecule has 0 N–H and O–H groups in total. The third kappa shape index (κ3) is 5.83. The van der Waals surface area contributed by atoms with Gasteiger partial charge in [0, 0.05) is 0 Å². The van der Waals surface area contributed by atoms with Gasteiger partial charge in [0.1, 0.15) is 0 Å². The zero-order chi connectivity index (χ0) is 19.1. The summed E-state index contributed by atoms with van der Waals surface area (Å²) < 4.78 is 32.5. The molecule has 0 aliphatic heterocycles. The van der Waals surface area contributed by atoms with Crippen LogP contribution in [0.1, 0.15) is 11.1 Å². The van der Waals surface area contributed by atoms with Gasteiger partial charge < -0.3 is 0 Å². The topological polar surface area (TPSA) is 43.4 Å². The summed E-state index contributed by atoms with van der Waals surface area (Å²) in [5.74, 6) is 0. The van der Waals surface area contributed by atoms with Gasteiger partial charge in [0.15, 0.2) is 0 Å². The summed E-state index contributed by atoms with van der Waals surface area (Å²) >= 11 is -0.242. The number of rotatable bonds is 7. The molecule has 0 aliphatic carbocycles. The van der Waals surface area contributed by atoms with Crippen molar-refractivity contribution < 1.29 is 12.6 Å². The average Bonchev–Trinajstić information content (AvgIpc) is 2.68. The first-order valence-corrected chi connectivity index (χ1v) is 11.6. The molecule has 0 radical (unpaired) electrons. The van der Waals surface area contributed by atoms with E-state index in [4.69, 9.17) is 4.18 Å². The Balaban J connectivity index is 1.85. The van der Waals surface area contributed by atoms with Crippen molar-refractivity contribution in [3.63, 3.8) is 0 Å². The number of benzene rings is 3. The van der Waals surface area contributed by atoms with Crippen LogP contribution >= 0.6 is 0 Å². The molecule has 27 heavy (non-hydrogen) atoms. The zero-order valence-corrected chi connectivity index (χ0v) is 17.4. The Hall–Kier alpha value is -2.33. The normalized spacial score (nSPS) is 12.0. The van der Waals surface area contributed by atoms with Crippen LogP contribution in [0.15, 0.2) is 101 Å². The monoisotopic (exact) mass is 444 g/mol. The van der Waals surface area contributed by atoms with Crippen molar-refractivity contribution in [2.75, 3.05) is 0 Å². The summed E-state index contributed by atoms with van der Waals surface area (Å²) in [6.45, 7) is 1.92. The van der Waals surface area contributed by atoms with Gasteiger partial charge in [-0.2, -0.15) is 0 Å². The molecule has 0 bridgehead atoms. The van der Waals surface area contributed by atoms with Crippen molar-refractivity contribution in [1.82, 2.24) is 0 Å². The van der Waals surface area contributed by atoms with Gasteiger partial charge >= 0.3 is 167 Å². The molecule has 3 nitrogen and oxygen atoms in total. The van der Waals surface area contributed by atoms with E-state index in [0.29, 0.717) is 11.1 Å². The Morgan fingerprint density at radius 1 is 0.889 bits per heavy atom. The van der Waals surface area contributed by atoms with Gasteiger partial charge in [-0.3, -0.25) is 0 Å². The van der Waals surface area contributed by atoms with E-state index in [-0.39, 0.29) is 19.9 Å². The number of hydrogen-bond donors (Lipinski definition) is 0. The molecule has 0 unspecified atom stereocenters. The van der Waals surface area contributed by atoms with Gasteiger partial charge in [0.25, 0.3) is 0 Å². The standard InChI is InChI=1S/C22H20O3SSe/c1-18-12-15-20(16-13-18)26(23,24)25-22(27-21-10-6-3-7-11-21)17-14-19-8-4-2-5-9-19/h2-13,15-17H,14H2,1H3/b22-17-. The van der Waals surface area contributed by atoms with Gasteiger partial charge in [-0.25, -0.2) is 0 Å². The van der Waals surface area contributed by atoms with E-state index in [2.05, 4.69) is 0 Å². The van der Waals surface area contributed by atoms with Crippen LogP contribution in [0.4, 0.5) is 0 Å². The average molecular weight is 443 g/mol. The van der Waals surface area contributed by atoms with Crippen LogP contribution in [0.3, 0.4) is 0 Å². The van der Waals surface area contributed by atoms with E-state index in [0.717, 1.165) is 15.6 Å². The molecule has 0 heterocycles. The molecule has 3 aromatic carbocycles. The van der Waals surface area contributed by atoms with Crippen molar-refractivity contribution >= 4 is 29.5 Å². The van der Waals surface area contributed by atoms with Crippen LogP contribution < -0.4 is 4.46 Å². The summed E-state index contributed by atoms with van der Waals surface area (Å²) in [6, 6.07) is 26.4. The molecule has 0 atom stereocenters. The van der Waals surface area contributed by atoms with E-state index in [1.165, 1.54) is 0 Å². The van der Waals surface area contributed by atoms with Crippen LogP contribution in [0.2, 0.25) is 0 Å². The first-order valence-electron chi connectivity index (χ1n) is 8.51. The van der Waals surface area contributed by atoms with Gasteiger partial charge in [0.2, 0.25) is 0 Å². The maximum absolute atomic E-state index is 12.7. The van der Waals surface area contributed by atoms with E-state index >= 15 is 0 Å². The SMILES string of the molecule is Cc1ccc(S(=O)(=O)O/C(=C/Cc2ccccc2)[Se]c2ccccc2)cc1. The summed E-state index contributed by atoms with van der Waals surface area (Å²) in [5, 5.41) is 0. The van der Waals surface area contributed by atoms with Gasteiger partial charge in [-0.05, 0) is 0 Å². The zero-order valence-electron chi connectivity index (χ0n) is 14.9. The van der Waals surface area contributed by atoms with Crippen LogP contribution in [0.5, 0.6) is 0 Å². The molecule has 0 aliphatic rings. The summed E-state index contributed by atoms with van der Waals surface area (Å²) in [5.41, 5.74) is 2.11. The molecule has 0 fully saturated rings. The predicted octanol–water partition coefficient (Wildman–Crippen LogP) is 3.81. The fourth-order valence-corrected chi connectivity index (χ4v) is 5.49. The second kappa shape index (κ2) is 9.05. The molecule has 0 aromatic heterocycles. The summed E-state index contributed by atoms with van der Waals surface area (Å²) in [4.78, 5) is 0.169. The van der Waals surface area contributed by atoms with Gasteiger partial charge in [0.05, 0.1) is 0 Å². The molecule has 0 saturated heterocycles. The van der Waals surface area contributed by atoms with Crippen LogP contribution in [0, 0.1) is 6.92 Å². The molecular formula is C22H20O3SSe. The molecule has 5 heteroatoms. The Bertz CT molecular complexity index is 996. The minimum atomic E-state index is -3.85.